The van der Waals surface area contributed by atoms with Gasteiger partial charge in [0.25, 0.3) is 0 Å². The summed E-state index contributed by atoms with van der Waals surface area (Å²) in [5.41, 5.74) is 6.50. The van der Waals surface area contributed by atoms with Gasteiger partial charge in [-0.3, -0.25) is 0 Å². The molecule has 0 radical (unpaired) electrons. The van der Waals surface area contributed by atoms with Crippen LogP contribution in [0.1, 0.15) is 12.5 Å². The number of benzene rings is 1. The molecule has 1 aromatic carbocycles. The number of hydrogen-bond donors (Lipinski definition) is 3. The van der Waals surface area contributed by atoms with Crippen molar-refractivity contribution in [3.63, 3.8) is 0 Å². The van der Waals surface area contributed by atoms with Crippen LogP contribution in [0.2, 0.25) is 0 Å². The molecule has 0 spiro atoms. The molecule has 0 aromatic heterocycles. The highest BCUT2D eigenvalue weighted by Gasteiger charge is 2.18. The van der Waals surface area contributed by atoms with E-state index in [2.05, 4.69) is 4.72 Å². The molecule has 0 bridgehead atoms. The maximum atomic E-state index is 12.0. The normalized spacial score (nSPS) is 12.5. The summed E-state index contributed by atoms with van der Waals surface area (Å²) in [6.45, 7) is 1.54. The Kier molecular flexibility index (Phi) is 4.91. The van der Waals surface area contributed by atoms with E-state index < -0.39 is 25.8 Å². The number of nitrogen functional groups attached to an aromatic ring is 1. The van der Waals surface area contributed by atoms with Crippen LogP contribution in [0, 0.1) is 0 Å². The van der Waals surface area contributed by atoms with Gasteiger partial charge >= 0.3 is 0 Å². The molecule has 9 heteroatoms. The Morgan fingerprint density at radius 1 is 1.21 bits per heavy atom. The number of nitrogens with one attached hydrogen (secondary N) is 1. The maximum absolute atomic E-state index is 12.0. The van der Waals surface area contributed by atoms with Crippen molar-refractivity contribution in [1.29, 1.82) is 0 Å². The second kappa shape index (κ2) is 5.87. The van der Waals surface area contributed by atoms with Crippen molar-refractivity contribution in [3.8, 4) is 0 Å². The van der Waals surface area contributed by atoms with Crippen molar-refractivity contribution < 1.29 is 16.8 Å². The van der Waals surface area contributed by atoms with Crippen molar-refractivity contribution >= 4 is 25.7 Å². The average molecular weight is 307 g/mol. The van der Waals surface area contributed by atoms with E-state index in [1.165, 1.54) is 6.07 Å². The summed E-state index contributed by atoms with van der Waals surface area (Å²) >= 11 is 0. The summed E-state index contributed by atoms with van der Waals surface area (Å²) in [7, 11) is -7.50. The quantitative estimate of drug-likeness (QED) is 0.603. The highest BCUT2D eigenvalue weighted by atomic mass is 32.2. The minimum Gasteiger partial charge on any atom is -0.399 e. The first-order valence-electron chi connectivity index (χ1n) is 5.54. The lowest BCUT2D eigenvalue weighted by Crippen LogP contribution is -2.32. The number of hydrogen-bond acceptors (Lipinski definition) is 5. The first kappa shape index (κ1) is 15.9. The number of anilines is 1. The molecule has 0 heterocycles. The molecule has 0 aliphatic heterocycles. The number of rotatable bonds is 6. The molecule has 7 nitrogen and oxygen atoms in total. The first-order valence-corrected chi connectivity index (χ1v) is 8.74. The first-order chi connectivity index (χ1) is 8.65. The van der Waals surface area contributed by atoms with Gasteiger partial charge in [-0.15, -0.1) is 0 Å². The third kappa shape index (κ3) is 4.78. The van der Waals surface area contributed by atoms with Crippen molar-refractivity contribution in [2.24, 2.45) is 5.14 Å². The van der Waals surface area contributed by atoms with Crippen LogP contribution in [0.3, 0.4) is 0 Å². The van der Waals surface area contributed by atoms with Gasteiger partial charge in [0, 0.05) is 12.2 Å². The van der Waals surface area contributed by atoms with E-state index in [9.17, 15) is 16.8 Å². The summed E-state index contributed by atoms with van der Waals surface area (Å²) in [4.78, 5) is 0.0596. The molecular weight excluding hydrogens is 290 g/mol. The van der Waals surface area contributed by atoms with Gasteiger partial charge in [0.15, 0.2) is 0 Å². The van der Waals surface area contributed by atoms with E-state index >= 15 is 0 Å². The van der Waals surface area contributed by atoms with E-state index in [-0.39, 0.29) is 11.4 Å². The Morgan fingerprint density at radius 3 is 2.37 bits per heavy atom. The van der Waals surface area contributed by atoms with Crippen molar-refractivity contribution in [2.45, 2.75) is 18.2 Å². The van der Waals surface area contributed by atoms with Gasteiger partial charge in [0.05, 0.1) is 10.6 Å². The van der Waals surface area contributed by atoms with Gasteiger partial charge in [-0.1, -0.05) is 13.0 Å². The molecule has 0 fully saturated rings. The van der Waals surface area contributed by atoms with Gasteiger partial charge in [-0.25, -0.2) is 26.7 Å². The van der Waals surface area contributed by atoms with E-state index in [1.807, 2.05) is 6.92 Å². The molecule has 5 N–H and O–H groups in total. The Bertz CT molecular complexity index is 653. The van der Waals surface area contributed by atoms with Crippen LogP contribution >= 0.6 is 0 Å². The fourth-order valence-corrected chi connectivity index (χ4v) is 3.40. The highest BCUT2D eigenvalue weighted by Crippen LogP contribution is 2.19. The van der Waals surface area contributed by atoms with Crippen LogP contribution in [0.15, 0.2) is 23.1 Å². The molecule has 0 saturated carbocycles. The van der Waals surface area contributed by atoms with Gasteiger partial charge in [0.2, 0.25) is 20.0 Å². The Balaban J connectivity index is 2.97. The average Bonchev–Trinajstić information content (AvgIpc) is 2.27. The summed E-state index contributed by atoms with van der Waals surface area (Å²) in [6.07, 6.45) is 0.520. The monoisotopic (exact) mass is 307 g/mol. The van der Waals surface area contributed by atoms with Crippen molar-refractivity contribution in [2.75, 3.05) is 18.0 Å². The second-order valence-corrected chi connectivity index (χ2v) is 7.45. The van der Waals surface area contributed by atoms with E-state index in [0.29, 0.717) is 17.7 Å². The molecule has 0 saturated heterocycles. The summed E-state index contributed by atoms with van der Waals surface area (Å²) in [5.74, 6) is -0.462. The third-order valence-corrected chi connectivity index (χ3v) is 4.76. The van der Waals surface area contributed by atoms with Crippen LogP contribution in [-0.4, -0.2) is 29.1 Å². The van der Waals surface area contributed by atoms with Crippen LogP contribution in [0.4, 0.5) is 5.69 Å². The SMILES string of the molecule is CCc1ccc(N)cc1S(=O)(=O)NCCS(N)(=O)=O. The smallest absolute Gasteiger partial charge is 0.240 e. The van der Waals surface area contributed by atoms with Gasteiger partial charge in [-0.2, -0.15) is 0 Å². The van der Waals surface area contributed by atoms with Gasteiger partial charge < -0.3 is 5.73 Å². The van der Waals surface area contributed by atoms with Crippen LogP contribution in [0.5, 0.6) is 0 Å². The standard InChI is InChI=1S/C10H17N3O4S2/c1-2-8-3-4-9(11)7-10(8)19(16,17)13-5-6-18(12,14)15/h3-4,7,13H,2,5-6,11H2,1H3,(H2,12,14,15). The summed E-state index contributed by atoms with van der Waals surface area (Å²) in [5, 5.41) is 4.80. The lowest BCUT2D eigenvalue weighted by atomic mass is 10.1. The fourth-order valence-electron chi connectivity index (χ4n) is 1.51. The zero-order chi connectivity index (χ0) is 14.7. The molecule has 19 heavy (non-hydrogen) atoms. The van der Waals surface area contributed by atoms with Crippen LogP contribution in [0.25, 0.3) is 0 Å². The molecule has 0 atom stereocenters. The minimum absolute atomic E-state index is 0.0596. The lowest BCUT2D eigenvalue weighted by molar-refractivity contribution is 0.580. The van der Waals surface area contributed by atoms with E-state index in [1.54, 1.807) is 12.1 Å². The fraction of sp³-hybridized carbons (Fsp3) is 0.400. The number of aryl methyl sites for hydroxylation is 1. The topological polar surface area (TPSA) is 132 Å². The Morgan fingerprint density at radius 2 is 1.84 bits per heavy atom. The highest BCUT2D eigenvalue weighted by molar-refractivity contribution is 7.90. The number of primary sulfonamides is 1. The van der Waals surface area contributed by atoms with Crippen molar-refractivity contribution in [1.82, 2.24) is 4.72 Å². The molecule has 0 aliphatic carbocycles. The third-order valence-electron chi connectivity index (χ3n) is 2.44. The van der Waals surface area contributed by atoms with E-state index in [4.69, 9.17) is 10.9 Å². The predicted molar refractivity (Wildman–Crippen MR) is 73.4 cm³/mol. The number of sulfonamides is 2. The molecule has 1 rings (SSSR count). The molecule has 1 aromatic rings. The molecule has 108 valence electrons. The zero-order valence-electron chi connectivity index (χ0n) is 10.5. The maximum Gasteiger partial charge on any atom is 0.240 e. The Hall–Kier alpha value is -1.16. The molecular formula is C10H17N3O4S2. The summed E-state index contributed by atoms with van der Waals surface area (Å²) < 4.78 is 47.8. The van der Waals surface area contributed by atoms with Crippen molar-refractivity contribution in [3.05, 3.63) is 23.8 Å². The lowest BCUT2D eigenvalue weighted by Gasteiger charge is -2.11. The van der Waals surface area contributed by atoms with Crippen LogP contribution in [-0.2, 0) is 26.5 Å². The molecule has 0 unspecified atom stereocenters. The van der Waals surface area contributed by atoms with Gasteiger partial charge in [-0.05, 0) is 24.1 Å². The van der Waals surface area contributed by atoms with Gasteiger partial charge in [0.1, 0.15) is 0 Å². The summed E-state index contributed by atoms with van der Waals surface area (Å²) in [6, 6.07) is 4.59. The predicted octanol–water partition coefficient (Wildman–Crippen LogP) is -0.602. The Labute approximate surface area is 113 Å². The number of nitrogens with two attached hydrogens (primary N) is 2. The molecule has 0 amide bonds. The molecule has 0 aliphatic rings. The minimum atomic E-state index is -3.80. The van der Waals surface area contributed by atoms with Crippen LogP contribution < -0.4 is 15.6 Å². The zero-order valence-corrected chi connectivity index (χ0v) is 12.1. The second-order valence-electron chi connectivity index (χ2n) is 3.99. The largest absolute Gasteiger partial charge is 0.399 e. The van der Waals surface area contributed by atoms with E-state index in [0.717, 1.165) is 0 Å².